The van der Waals surface area contributed by atoms with Crippen molar-refractivity contribution < 1.29 is 4.74 Å². The molecular weight excluding hydrogens is 501 g/mol. The first-order valence-corrected chi connectivity index (χ1v) is 10.6. The van der Waals surface area contributed by atoms with Gasteiger partial charge >= 0.3 is 0 Å². The molecule has 0 bridgehead atoms. The molecule has 0 atom stereocenters. The van der Waals surface area contributed by atoms with Crippen LogP contribution in [0.4, 0.5) is 0 Å². The van der Waals surface area contributed by atoms with Gasteiger partial charge in [-0.25, -0.2) is 4.99 Å². The lowest BCUT2D eigenvalue weighted by molar-refractivity contribution is 0.259. The average molecular weight is 535 g/mol. The number of likely N-dealkylation sites (N-methyl/N-ethyl adjacent to an activating group) is 1. The van der Waals surface area contributed by atoms with Gasteiger partial charge in [-0.2, -0.15) is 0 Å². The monoisotopic (exact) mass is 535 g/mol. The number of H-pyrrole nitrogens is 1. The molecule has 3 N–H and O–H groups in total. The summed E-state index contributed by atoms with van der Waals surface area (Å²) in [5.41, 5.74) is 3.58. The van der Waals surface area contributed by atoms with Gasteiger partial charge in [0.2, 0.25) is 0 Å². The maximum atomic E-state index is 5.96. The number of rotatable bonds is 10. The van der Waals surface area contributed by atoms with E-state index in [1.54, 1.807) is 0 Å². The van der Waals surface area contributed by atoms with Crippen LogP contribution in [0.25, 0.3) is 10.9 Å². The highest BCUT2D eigenvalue weighted by atomic mass is 127. The number of aliphatic imine (C=N–C) groups is 1. The molecule has 3 rings (SSSR count). The fourth-order valence-corrected chi connectivity index (χ4v) is 3.27. The highest BCUT2D eigenvalue weighted by Crippen LogP contribution is 2.19. The van der Waals surface area contributed by atoms with Crippen LogP contribution in [0, 0.1) is 0 Å². The van der Waals surface area contributed by atoms with Gasteiger partial charge in [-0.05, 0) is 45.1 Å². The Morgan fingerprint density at radius 3 is 2.61 bits per heavy atom. The summed E-state index contributed by atoms with van der Waals surface area (Å²) in [7, 11) is 4.09. The Morgan fingerprint density at radius 2 is 1.81 bits per heavy atom. The number of nitrogens with one attached hydrogen (secondary N) is 3. The minimum atomic E-state index is 0. The van der Waals surface area contributed by atoms with Crippen molar-refractivity contribution in [2.24, 2.45) is 4.99 Å². The molecule has 3 aromatic rings. The minimum Gasteiger partial charge on any atom is -0.492 e. The van der Waals surface area contributed by atoms with Gasteiger partial charge in [-0.15, -0.1) is 24.0 Å². The van der Waals surface area contributed by atoms with Gasteiger partial charge in [-0.1, -0.05) is 36.4 Å². The SMILES string of the molecule is CCNC(=NCc1ccccc1OCCN(C)C)NCCc1c[nH]c2ccccc12.I. The molecule has 2 aromatic carbocycles. The Labute approximate surface area is 202 Å². The fraction of sp³-hybridized carbons (Fsp3) is 0.375. The highest BCUT2D eigenvalue weighted by Gasteiger charge is 2.06. The molecule has 1 heterocycles. The Kier molecular flexibility index (Phi) is 10.7. The molecule has 0 amide bonds. The van der Waals surface area contributed by atoms with E-state index in [4.69, 9.17) is 9.73 Å². The summed E-state index contributed by atoms with van der Waals surface area (Å²) in [5.74, 6) is 1.72. The summed E-state index contributed by atoms with van der Waals surface area (Å²) >= 11 is 0. The molecule has 0 aliphatic carbocycles. The quantitative estimate of drug-likeness (QED) is 0.209. The number of hydrogen-bond acceptors (Lipinski definition) is 3. The topological polar surface area (TPSA) is 64.7 Å². The third-order valence-electron chi connectivity index (χ3n) is 4.88. The van der Waals surface area contributed by atoms with Gasteiger partial charge in [0.1, 0.15) is 12.4 Å². The maximum Gasteiger partial charge on any atom is 0.191 e. The number of hydrogen-bond donors (Lipinski definition) is 3. The predicted octanol–water partition coefficient (Wildman–Crippen LogP) is 4.02. The number of aromatic nitrogens is 1. The number of fused-ring (bicyclic) bond motifs is 1. The van der Waals surface area contributed by atoms with Crippen LogP contribution in [-0.4, -0.2) is 56.2 Å². The van der Waals surface area contributed by atoms with Crippen molar-refractivity contribution in [1.29, 1.82) is 0 Å². The van der Waals surface area contributed by atoms with E-state index in [2.05, 4.69) is 64.0 Å². The van der Waals surface area contributed by atoms with E-state index in [-0.39, 0.29) is 24.0 Å². The van der Waals surface area contributed by atoms with Crippen molar-refractivity contribution >= 4 is 40.8 Å². The molecule has 0 aliphatic heterocycles. The molecular formula is C24H34IN5O. The number of ether oxygens (including phenoxy) is 1. The van der Waals surface area contributed by atoms with E-state index in [0.29, 0.717) is 13.2 Å². The van der Waals surface area contributed by atoms with Crippen LogP contribution in [0.1, 0.15) is 18.1 Å². The van der Waals surface area contributed by atoms with Crippen LogP contribution >= 0.6 is 24.0 Å². The van der Waals surface area contributed by atoms with E-state index >= 15 is 0 Å². The molecule has 168 valence electrons. The average Bonchev–Trinajstić information content (AvgIpc) is 3.16. The first kappa shape index (κ1) is 25.0. The van der Waals surface area contributed by atoms with Crippen LogP contribution in [0.3, 0.4) is 0 Å². The van der Waals surface area contributed by atoms with Crippen molar-refractivity contribution in [2.75, 3.05) is 40.3 Å². The van der Waals surface area contributed by atoms with E-state index in [1.807, 2.05) is 32.3 Å². The lowest BCUT2D eigenvalue weighted by atomic mass is 10.1. The summed E-state index contributed by atoms with van der Waals surface area (Å²) in [4.78, 5) is 10.2. The summed E-state index contributed by atoms with van der Waals surface area (Å²) in [5, 5.41) is 8.06. The van der Waals surface area contributed by atoms with E-state index in [9.17, 15) is 0 Å². The van der Waals surface area contributed by atoms with Crippen LogP contribution in [-0.2, 0) is 13.0 Å². The number of para-hydroxylation sites is 2. The molecule has 0 unspecified atom stereocenters. The maximum absolute atomic E-state index is 5.96. The van der Waals surface area contributed by atoms with Crippen molar-refractivity contribution in [3.63, 3.8) is 0 Å². The molecule has 0 saturated carbocycles. The van der Waals surface area contributed by atoms with Gasteiger partial charge < -0.3 is 25.3 Å². The van der Waals surface area contributed by atoms with Crippen molar-refractivity contribution in [2.45, 2.75) is 19.9 Å². The second-order valence-corrected chi connectivity index (χ2v) is 7.49. The lowest BCUT2D eigenvalue weighted by Gasteiger charge is -2.14. The largest absolute Gasteiger partial charge is 0.492 e. The van der Waals surface area contributed by atoms with E-state index in [1.165, 1.54) is 16.5 Å². The summed E-state index contributed by atoms with van der Waals surface area (Å²) in [6.45, 7) is 5.83. The first-order chi connectivity index (χ1) is 14.7. The van der Waals surface area contributed by atoms with Crippen LogP contribution in [0.15, 0.2) is 59.7 Å². The molecule has 31 heavy (non-hydrogen) atoms. The molecule has 6 nitrogen and oxygen atoms in total. The van der Waals surface area contributed by atoms with Gasteiger partial charge in [0, 0.05) is 42.3 Å². The molecule has 0 aliphatic rings. The molecule has 0 saturated heterocycles. The first-order valence-electron chi connectivity index (χ1n) is 10.6. The summed E-state index contributed by atoms with van der Waals surface area (Å²) < 4.78 is 5.96. The lowest BCUT2D eigenvalue weighted by Crippen LogP contribution is -2.38. The Balaban J connectivity index is 0.00000341. The molecule has 0 spiro atoms. The minimum absolute atomic E-state index is 0. The summed E-state index contributed by atoms with van der Waals surface area (Å²) in [6, 6.07) is 16.5. The Hall–Kier alpha value is -2.26. The number of benzene rings is 2. The number of aromatic amines is 1. The van der Waals surface area contributed by atoms with Crippen LogP contribution < -0.4 is 15.4 Å². The third kappa shape index (κ3) is 7.74. The number of halogens is 1. The molecule has 7 heteroatoms. The standard InChI is InChI=1S/C24H33N5O.HI/c1-4-25-24(26-14-13-19-17-27-22-11-7-6-10-21(19)22)28-18-20-9-5-8-12-23(20)30-16-15-29(2)3;/h5-12,17,27H,4,13-16,18H2,1-3H3,(H2,25,26,28);1H. The number of guanidine groups is 1. The third-order valence-corrected chi connectivity index (χ3v) is 4.88. The smallest absolute Gasteiger partial charge is 0.191 e. The predicted molar refractivity (Wildman–Crippen MR) is 141 cm³/mol. The zero-order valence-corrected chi connectivity index (χ0v) is 21.0. The number of nitrogens with zero attached hydrogens (tertiary/aromatic N) is 2. The van der Waals surface area contributed by atoms with Crippen LogP contribution in [0.5, 0.6) is 5.75 Å². The van der Waals surface area contributed by atoms with Crippen LogP contribution in [0.2, 0.25) is 0 Å². The van der Waals surface area contributed by atoms with Crippen molar-refractivity contribution in [3.8, 4) is 5.75 Å². The van der Waals surface area contributed by atoms with Gasteiger partial charge in [0.15, 0.2) is 5.96 Å². The highest BCUT2D eigenvalue weighted by molar-refractivity contribution is 14.0. The van der Waals surface area contributed by atoms with Crippen molar-refractivity contribution in [3.05, 3.63) is 65.9 Å². The zero-order chi connectivity index (χ0) is 21.2. The Morgan fingerprint density at radius 1 is 1.03 bits per heavy atom. The Bertz CT molecular complexity index is 954. The molecule has 0 radical (unpaired) electrons. The van der Waals surface area contributed by atoms with Gasteiger partial charge in [0.25, 0.3) is 0 Å². The molecule has 0 fully saturated rings. The van der Waals surface area contributed by atoms with Gasteiger partial charge in [0.05, 0.1) is 6.54 Å². The second kappa shape index (κ2) is 13.2. The van der Waals surface area contributed by atoms with E-state index in [0.717, 1.165) is 43.3 Å². The fourth-order valence-electron chi connectivity index (χ4n) is 3.27. The normalized spacial score (nSPS) is 11.4. The summed E-state index contributed by atoms with van der Waals surface area (Å²) in [6.07, 6.45) is 3.02. The second-order valence-electron chi connectivity index (χ2n) is 7.49. The van der Waals surface area contributed by atoms with E-state index < -0.39 is 0 Å². The van der Waals surface area contributed by atoms with Gasteiger partial charge in [-0.3, -0.25) is 0 Å². The molecule has 1 aromatic heterocycles. The zero-order valence-electron chi connectivity index (χ0n) is 18.6. The van der Waals surface area contributed by atoms with Crippen molar-refractivity contribution in [1.82, 2.24) is 20.5 Å².